The summed E-state index contributed by atoms with van der Waals surface area (Å²) in [5, 5.41) is 1.62. The summed E-state index contributed by atoms with van der Waals surface area (Å²) in [7, 11) is -3.02. The van der Waals surface area contributed by atoms with Crippen LogP contribution in [0.5, 0.6) is 0 Å². The minimum Gasteiger partial charge on any atom is -0.315 e. The first kappa shape index (κ1) is 17.9. The fourth-order valence-corrected chi connectivity index (χ4v) is 6.42. The molecule has 0 aliphatic carbocycles. The number of aliphatic imine (C=N–C) groups is 1. The molecular formula is C19H19ClN2O2S2. The quantitative estimate of drug-likeness (QED) is 0.775. The molecule has 0 spiro atoms. The van der Waals surface area contributed by atoms with Crippen LogP contribution < -0.4 is 4.90 Å². The van der Waals surface area contributed by atoms with E-state index < -0.39 is 9.84 Å². The molecule has 1 fully saturated rings. The summed E-state index contributed by atoms with van der Waals surface area (Å²) in [6.45, 7) is 2.04. The Bertz CT molecular complexity index is 941. The number of hydrogen-bond acceptors (Lipinski definition) is 5. The zero-order valence-electron chi connectivity index (χ0n) is 14.3. The van der Waals surface area contributed by atoms with Crippen molar-refractivity contribution in [2.75, 3.05) is 16.4 Å². The molecule has 0 bridgehead atoms. The smallest absolute Gasteiger partial charge is 0.164 e. The summed E-state index contributed by atoms with van der Waals surface area (Å²) in [4.78, 5) is 6.87. The van der Waals surface area contributed by atoms with E-state index in [9.17, 15) is 8.42 Å². The Labute approximate surface area is 163 Å². The van der Waals surface area contributed by atoms with Gasteiger partial charge >= 0.3 is 0 Å². The number of aryl methyl sites for hydroxylation is 1. The van der Waals surface area contributed by atoms with Crippen molar-refractivity contribution >= 4 is 44.1 Å². The molecule has 1 saturated heterocycles. The van der Waals surface area contributed by atoms with E-state index in [1.54, 1.807) is 11.8 Å². The van der Waals surface area contributed by atoms with Gasteiger partial charge in [-0.15, -0.1) is 0 Å². The van der Waals surface area contributed by atoms with Crippen molar-refractivity contribution in [3.05, 3.63) is 64.7 Å². The van der Waals surface area contributed by atoms with Crippen LogP contribution in [0.15, 0.2) is 53.5 Å². The number of rotatable bonds is 3. The Hall–Kier alpha value is -1.50. The van der Waals surface area contributed by atoms with Gasteiger partial charge in [-0.05, 0) is 36.8 Å². The third kappa shape index (κ3) is 3.63. The molecule has 26 heavy (non-hydrogen) atoms. The number of amidine groups is 1. The van der Waals surface area contributed by atoms with Crippen LogP contribution in [0.2, 0.25) is 5.02 Å². The average molecular weight is 407 g/mol. The Morgan fingerprint density at radius 1 is 1.12 bits per heavy atom. The first-order valence-corrected chi connectivity index (χ1v) is 11.6. The fourth-order valence-electron chi connectivity index (χ4n) is 3.37. The van der Waals surface area contributed by atoms with Crippen molar-refractivity contribution < 1.29 is 8.42 Å². The highest BCUT2D eigenvalue weighted by molar-refractivity contribution is 8.13. The number of nitrogens with zero attached hydrogens (tertiary/aromatic N) is 2. The molecule has 136 valence electrons. The van der Waals surface area contributed by atoms with Crippen LogP contribution in [0.4, 0.5) is 5.69 Å². The molecule has 2 aromatic rings. The highest BCUT2D eigenvalue weighted by Gasteiger charge is 2.47. The van der Waals surface area contributed by atoms with Gasteiger partial charge in [0.05, 0.1) is 23.6 Å². The van der Waals surface area contributed by atoms with Crippen molar-refractivity contribution in [1.82, 2.24) is 0 Å². The summed E-state index contributed by atoms with van der Waals surface area (Å²) < 4.78 is 24.2. The minimum atomic E-state index is -3.02. The minimum absolute atomic E-state index is 0.101. The summed E-state index contributed by atoms with van der Waals surface area (Å²) in [6, 6.07) is 15.7. The monoisotopic (exact) mass is 406 g/mol. The SMILES string of the molecule is Cc1ccc(N2C(SCc3ccc(Cl)cc3)=NC3CS(=O)(=O)CC32)cc1. The largest absolute Gasteiger partial charge is 0.315 e. The van der Waals surface area contributed by atoms with Gasteiger partial charge in [-0.2, -0.15) is 0 Å². The number of fused-ring (bicyclic) bond motifs is 1. The summed E-state index contributed by atoms with van der Waals surface area (Å²) >= 11 is 7.60. The van der Waals surface area contributed by atoms with Crippen LogP contribution in [0.3, 0.4) is 0 Å². The summed E-state index contributed by atoms with van der Waals surface area (Å²) in [6.07, 6.45) is 0. The molecule has 0 N–H and O–H groups in total. The lowest BCUT2D eigenvalue weighted by Gasteiger charge is -2.26. The van der Waals surface area contributed by atoms with E-state index in [0.29, 0.717) is 0 Å². The predicted molar refractivity (Wildman–Crippen MR) is 110 cm³/mol. The van der Waals surface area contributed by atoms with E-state index in [1.165, 1.54) is 5.56 Å². The van der Waals surface area contributed by atoms with E-state index >= 15 is 0 Å². The molecular weight excluding hydrogens is 388 g/mol. The number of hydrogen-bond donors (Lipinski definition) is 0. The standard InChI is InChI=1S/C19H19ClN2O2S2/c1-13-2-8-16(9-3-13)22-18-12-26(23,24)11-17(18)21-19(22)25-10-14-4-6-15(20)7-5-14/h2-9,17-18H,10-12H2,1H3. The van der Waals surface area contributed by atoms with Gasteiger partial charge in [0.25, 0.3) is 0 Å². The normalized spacial score (nSPS) is 23.8. The van der Waals surface area contributed by atoms with Crippen molar-refractivity contribution in [2.45, 2.75) is 24.8 Å². The molecule has 2 heterocycles. The van der Waals surface area contributed by atoms with Crippen molar-refractivity contribution in [3.63, 3.8) is 0 Å². The van der Waals surface area contributed by atoms with Crippen LogP contribution in [0.25, 0.3) is 0 Å². The highest BCUT2D eigenvalue weighted by Crippen LogP contribution is 2.36. The topological polar surface area (TPSA) is 49.7 Å². The summed E-state index contributed by atoms with van der Waals surface area (Å²) in [5.74, 6) is 1.08. The second-order valence-corrected chi connectivity index (χ2v) is 10.3. The van der Waals surface area contributed by atoms with E-state index in [1.807, 2.05) is 55.5 Å². The maximum atomic E-state index is 12.1. The zero-order valence-corrected chi connectivity index (χ0v) is 16.7. The van der Waals surface area contributed by atoms with Gasteiger partial charge in [0.2, 0.25) is 0 Å². The molecule has 2 aromatic carbocycles. The zero-order chi connectivity index (χ0) is 18.3. The van der Waals surface area contributed by atoms with Crippen LogP contribution in [0.1, 0.15) is 11.1 Å². The molecule has 0 saturated carbocycles. The van der Waals surface area contributed by atoms with Crippen LogP contribution in [0, 0.1) is 6.92 Å². The maximum Gasteiger partial charge on any atom is 0.164 e. The van der Waals surface area contributed by atoms with Crippen LogP contribution in [-0.2, 0) is 15.6 Å². The number of benzene rings is 2. The lowest BCUT2D eigenvalue weighted by Crippen LogP contribution is -2.39. The van der Waals surface area contributed by atoms with Crippen LogP contribution in [-0.4, -0.2) is 37.2 Å². The number of sulfone groups is 1. The lowest BCUT2D eigenvalue weighted by atomic mass is 10.1. The molecule has 4 rings (SSSR count). The molecule has 2 aliphatic rings. The Balaban J connectivity index is 1.60. The Morgan fingerprint density at radius 3 is 2.50 bits per heavy atom. The molecule has 2 aliphatic heterocycles. The average Bonchev–Trinajstić information content (AvgIpc) is 3.06. The third-order valence-electron chi connectivity index (χ3n) is 4.70. The molecule has 7 heteroatoms. The van der Waals surface area contributed by atoms with E-state index in [0.717, 1.165) is 27.2 Å². The van der Waals surface area contributed by atoms with Gasteiger partial charge in [-0.25, -0.2) is 8.42 Å². The lowest BCUT2D eigenvalue weighted by molar-refractivity contribution is 0.601. The van der Waals surface area contributed by atoms with E-state index in [2.05, 4.69) is 4.90 Å². The van der Waals surface area contributed by atoms with Gasteiger partial charge in [-0.3, -0.25) is 4.99 Å². The molecule has 0 amide bonds. The molecule has 0 aromatic heterocycles. The molecule has 4 nitrogen and oxygen atoms in total. The van der Waals surface area contributed by atoms with E-state index in [-0.39, 0.29) is 23.6 Å². The summed E-state index contributed by atoms with van der Waals surface area (Å²) in [5.41, 5.74) is 3.34. The molecule has 0 radical (unpaired) electrons. The second-order valence-electron chi connectivity index (χ2n) is 6.74. The highest BCUT2D eigenvalue weighted by atomic mass is 35.5. The number of thioether (sulfide) groups is 1. The van der Waals surface area contributed by atoms with Gasteiger partial charge in [0.1, 0.15) is 0 Å². The van der Waals surface area contributed by atoms with Gasteiger partial charge < -0.3 is 4.90 Å². The fraction of sp³-hybridized carbons (Fsp3) is 0.316. The third-order valence-corrected chi connectivity index (χ3v) is 7.69. The predicted octanol–water partition coefficient (Wildman–Crippen LogP) is 3.92. The van der Waals surface area contributed by atoms with Gasteiger partial charge in [-0.1, -0.05) is 53.2 Å². The van der Waals surface area contributed by atoms with E-state index in [4.69, 9.17) is 16.6 Å². The van der Waals surface area contributed by atoms with Gasteiger partial charge in [0.15, 0.2) is 15.0 Å². The maximum absolute atomic E-state index is 12.1. The van der Waals surface area contributed by atoms with Crippen molar-refractivity contribution in [1.29, 1.82) is 0 Å². The van der Waals surface area contributed by atoms with Crippen LogP contribution >= 0.6 is 23.4 Å². The second kappa shape index (κ2) is 6.91. The molecule has 2 unspecified atom stereocenters. The van der Waals surface area contributed by atoms with Crippen molar-refractivity contribution in [2.24, 2.45) is 4.99 Å². The first-order valence-electron chi connectivity index (χ1n) is 8.43. The first-order chi connectivity index (χ1) is 12.4. The number of anilines is 1. The Kier molecular flexibility index (Phi) is 4.75. The van der Waals surface area contributed by atoms with Gasteiger partial charge in [0, 0.05) is 16.5 Å². The van der Waals surface area contributed by atoms with Crippen molar-refractivity contribution in [3.8, 4) is 0 Å². The Morgan fingerprint density at radius 2 is 1.81 bits per heavy atom. The molecule has 2 atom stereocenters. The number of halogens is 1.